The topological polar surface area (TPSA) is 85.6 Å². The summed E-state index contributed by atoms with van der Waals surface area (Å²) in [6, 6.07) is 10.7. The molecule has 7 nitrogen and oxygen atoms in total. The van der Waals surface area contributed by atoms with E-state index < -0.39 is 5.97 Å². The minimum atomic E-state index is -0.630. The minimum Gasteiger partial charge on any atom is -0.464 e. The van der Waals surface area contributed by atoms with Crippen LogP contribution in [0.1, 0.15) is 35.6 Å². The number of para-hydroxylation sites is 1. The van der Waals surface area contributed by atoms with Crippen LogP contribution >= 0.6 is 0 Å². The molecular weight excluding hydrogens is 308 g/mol. The summed E-state index contributed by atoms with van der Waals surface area (Å²) < 4.78 is 6.23. The van der Waals surface area contributed by atoms with Crippen LogP contribution in [-0.4, -0.2) is 28.3 Å². The smallest absolute Gasteiger partial charge is 0.356 e. The number of aromatic nitrogens is 2. The Kier molecular flexibility index (Phi) is 4.69. The van der Waals surface area contributed by atoms with Gasteiger partial charge in [0.05, 0.1) is 12.8 Å². The molecule has 0 saturated carbocycles. The van der Waals surface area contributed by atoms with Crippen molar-refractivity contribution in [3.8, 4) is 0 Å². The fraction of sp³-hybridized carbons (Fsp3) is 0.294. The number of carbonyl (C=O) groups is 1. The average Bonchev–Trinajstić information content (AvgIpc) is 2.82. The molecule has 0 spiro atoms. The maximum atomic E-state index is 12.3. The van der Waals surface area contributed by atoms with E-state index in [0.29, 0.717) is 24.5 Å². The van der Waals surface area contributed by atoms with Crippen LogP contribution in [0.15, 0.2) is 46.3 Å². The minimum absolute atomic E-state index is 0.00283. The second-order valence-electron chi connectivity index (χ2n) is 5.44. The Bertz CT molecular complexity index is 827. The summed E-state index contributed by atoms with van der Waals surface area (Å²) >= 11 is 0. The van der Waals surface area contributed by atoms with Gasteiger partial charge in [-0.2, -0.15) is 5.10 Å². The second kappa shape index (κ2) is 7.08. The zero-order valence-electron chi connectivity index (χ0n) is 13.4. The first kappa shape index (κ1) is 15.9. The molecule has 24 heavy (non-hydrogen) atoms. The van der Waals surface area contributed by atoms with Crippen molar-refractivity contribution < 1.29 is 9.53 Å². The van der Waals surface area contributed by atoms with Crippen molar-refractivity contribution in [1.29, 1.82) is 0 Å². The van der Waals surface area contributed by atoms with E-state index in [1.165, 1.54) is 13.2 Å². The molecule has 124 valence electrons. The monoisotopic (exact) mass is 326 g/mol. The van der Waals surface area contributed by atoms with Gasteiger partial charge in [0.25, 0.3) is 5.56 Å². The van der Waals surface area contributed by atoms with E-state index in [-0.39, 0.29) is 11.3 Å². The first-order valence-corrected chi connectivity index (χ1v) is 7.77. The first-order chi connectivity index (χ1) is 11.7. The maximum absolute atomic E-state index is 12.3. The molecule has 0 atom stereocenters. The Balaban J connectivity index is 2.02. The zero-order chi connectivity index (χ0) is 16.9. The molecule has 1 aromatic heterocycles. The molecule has 1 N–H and O–H groups in total. The van der Waals surface area contributed by atoms with E-state index in [4.69, 9.17) is 0 Å². The molecule has 0 radical (unpaired) electrons. The van der Waals surface area contributed by atoms with Crippen LogP contribution in [0.5, 0.6) is 0 Å². The summed E-state index contributed by atoms with van der Waals surface area (Å²) in [5.41, 5.74) is 4.21. The van der Waals surface area contributed by atoms with Gasteiger partial charge < -0.3 is 4.74 Å². The van der Waals surface area contributed by atoms with E-state index in [1.54, 1.807) is 4.57 Å². The van der Waals surface area contributed by atoms with E-state index in [9.17, 15) is 9.59 Å². The van der Waals surface area contributed by atoms with Crippen molar-refractivity contribution in [1.82, 2.24) is 9.55 Å². The lowest BCUT2D eigenvalue weighted by Crippen LogP contribution is -2.28. The number of benzene rings is 1. The molecule has 3 rings (SSSR count). The van der Waals surface area contributed by atoms with Gasteiger partial charge in [0.1, 0.15) is 5.71 Å². The quantitative estimate of drug-likeness (QED) is 0.689. The van der Waals surface area contributed by atoms with E-state index in [0.717, 1.165) is 18.5 Å². The molecular formula is C17H18N4O3. The number of esters is 1. The highest BCUT2D eigenvalue weighted by Gasteiger charge is 2.20. The van der Waals surface area contributed by atoms with Crippen LogP contribution in [-0.2, 0) is 11.3 Å². The van der Waals surface area contributed by atoms with Gasteiger partial charge in [-0.25, -0.2) is 9.78 Å². The number of fused-ring (bicyclic) bond motifs is 1. The van der Waals surface area contributed by atoms with Crippen LogP contribution < -0.4 is 11.0 Å². The van der Waals surface area contributed by atoms with Gasteiger partial charge in [-0.15, -0.1) is 0 Å². The third kappa shape index (κ3) is 3.34. The van der Waals surface area contributed by atoms with Crippen LogP contribution in [0.25, 0.3) is 0 Å². The van der Waals surface area contributed by atoms with Crippen molar-refractivity contribution in [2.24, 2.45) is 5.10 Å². The number of nitrogens with zero attached hydrogens (tertiary/aromatic N) is 3. The van der Waals surface area contributed by atoms with Crippen LogP contribution in [0.2, 0.25) is 0 Å². The lowest BCUT2D eigenvalue weighted by atomic mass is 10.2. The second-order valence-corrected chi connectivity index (χ2v) is 5.44. The molecule has 7 heteroatoms. The average molecular weight is 326 g/mol. The summed E-state index contributed by atoms with van der Waals surface area (Å²) in [6.07, 6.45) is 2.43. The molecule has 2 heterocycles. The molecule has 0 fully saturated rings. The highest BCUT2D eigenvalue weighted by Crippen LogP contribution is 2.14. The number of rotatable bonds is 3. The zero-order valence-corrected chi connectivity index (χ0v) is 13.4. The van der Waals surface area contributed by atoms with Gasteiger partial charge in [-0.05, 0) is 31.4 Å². The summed E-state index contributed by atoms with van der Waals surface area (Å²) in [4.78, 5) is 28.4. The number of carbonyl (C=O) groups excluding carboxylic acids is 1. The number of methoxy groups -OCH3 is 1. The third-order valence-corrected chi connectivity index (χ3v) is 3.80. The van der Waals surface area contributed by atoms with Crippen molar-refractivity contribution in [3.05, 3.63) is 58.3 Å². The fourth-order valence-corrected chi connectivity index (χ4v) is 2.58. The molecule has 1 aliphatic rings. The van der Waals surface area contributed by atoms with Crippen LogP contribution in [0.3, 0.4) is 0 Å². The summed E-state index contributed by atoms with van der Waals surface area (Å²) in [7, 11) is 1.26. The normalized spacial score (nSPS) is 15.5. The number of anilines is 1. The lowest BCUT2D eigenvalue weighted by molar-refractivity contribution is 0.0593. The number of ether oxygens (including phenoxy) is 1. The Morgan fingerprint density at radius 3 is 2.83 bits per heavy atom. The van der Waals surface area contributed by atoms with Gasteiger partial charge in [0.15, 0.2) is 11.5 Å². The van der Waals surface area contributed by atoms with Crippen molar-refractivity contribution in [2.75, 3.05) is 12.5 Å². The van der Waals surface area contributed by atoms with Gasteiger partial charge >= 0.3 is 5.97 Å². The fourth-order valence-electron chi connectivity index (χ4n) is 2.58. The standard InChI is InChI=1S/C17H18N4O3/c1-24-17(23)14-11-15(22)21-10-6-5-9-13(16(21)18-14)20-19-12-7-3-2-4-8-12/h2-4,7-8,11,19H,5-6,9-10H2,1H3/b20-13+. The molecule has 0 saturated heterocycles. The van der Waals surface area contributed by atoms with Crippen LogP contribution in [0, 0.1) is 0 Å². The van der Waals surface area contributed by atoms with E-state index in [1.807, 2.05) is 30.3 Å². The van der Waals surface area contributed by atoms with Crippen molar-refractivity contribution >= 4 is 17.4 Å². The van der Waals surface area contributed by atoms with E-state index in [2.05, 4.69) is 20.2 Å². The van der Waals surface area contributed by atoms with Gasteiger partial charge in [0.2, 0.25) is 0 Å². The largest absolute Gasteiger partial charge is 0.464 e. The van der Waals surface area contributed by atoms with Gasteiger partial charge in [-0.3, -0.25) is 14.8 Å². The molecule has 0 amide bonds. The SMILES string of the molecule is COC(=O)c1cc(=O)n2c(n1)/C(=N/Nc1ccccc1)CCCC2. The number of hydrogen-bond acceptors (Lipinski definition) is 6. The number of nitrogens with one attached hydrogen (secondary N) is 1. The molecule has 0 unspecified atom stereocenters. The number of hydrazone groups is 1. The Morgan fingerprint density at radius 1 is 1.29 bits per heavy atom. The molecule has 0 bridgehead atoms. The Morgan fingerprint density at radius 2 is 2.08 bits per heavy atom. The predicted molar refractivity (Wildman–Crippen MR) is 90.3 cm³/mol. The van der Waals surface area contributed by atoms with Crippen molar-refractivity contribution in [3.63, 3.8) is 0 Å². The molecule has 2 aromatic rings. The van der Waals surface area contributed by atoms with Gasteiger partial charge in [-0.1, -0.05) is 18.2 Å². The Hall–Kier alpha value is -2.96. The highest BCUT2D eigenvalue weighted by molar-refractivity contribution is 5.99. The predicted octanol–water partition coefficient (Wildman–Crippen LogP) is 2.03. The van der Waals surface area contributed by atoms with Crippen molar-refractivity contribution in [2.45, 2.75) is 25.8 Å². The van der Waals surface area contributed by atoms with Gasteiger partial charge in [0, 0.05) is 12.6 Å². The lowest BCUT2D eigenvalue weighted by Gasteiger charge is -2.11. The Labute approximate surface area is 139 Å². The maximum Gasteiger partial charge on any atom is 0.356 e. The summed E-state index contributed by atoms with van der Waals surface area (Å²) in [5, 5.41) is 4.41. The molecule has 0 aliphatic carbocycles. The molecule has 1 aromatic carbocycles. The summed E-state index contributed by atoms with van der Waals surface area (Å²) in [5.74, 6) is -0.209. The third-order valence-electron chi connectivity index (χ3n) is 3.80. The van der Waals surface area contributed by atoms with Crippen LogP contribution in [0.4, 0.5) is 5.69 Å². The van der Waals surface area contributed by atoms with E-state index >= 15 is 0 Å². The molecule has 1 aliphatic heterocycles. The number of hydrogen-bond donors (Lipinski definition) is 1. The highest BCUT2D eigenvalue weighted by atomic mass is 16.5. The first-order valence-electron chi connectivity index (χ1n) is 7.77. The summed E-state index contributed by atoms with van der Waals surface area (Å²) in [6.45, 7) is 0.562.